The molecule has 0 saturated carbocycles. The lowest BCUT2D eigenvalue weighted by molar-refractivity contribution is 0.109. The zero-order valence-electron chi connectivity index (χ0n) is 16.5. The lowest BCUT2D eigenvalue weighted by Gasteiger charge is -2.34. The first-order chi connectivity index (χ1) is 13.7. The van der Waals surface area contributed by atoms with E-state index in [9.17, 15) is 17.2 Å². The Morgan fingerprint density at radius 3 is 2.66 bits per heavy atom. The number of nitrogens with one attached hydrogen (secondary N) is 1. The highest BCUT2D eigenvalue weighted by Crippen LogP contribution is 2.29. The number of piperidine rings is 2. The van der Waals surface area contributed by atoms with E-state index in [-0.39, 0.29) is 25.1 Å². The summed E-state index contributed by atoms with van der Waals surface area (Å²) in [4.78, 5) is 10.8. The van der Waals surface area contributed by atoms with Crippen LogP contribution in [0.5, 0.6) is 0 Å². The fourth-order valence-corrected chi connectivity index (χ4v) is 4.99. The van der Waals surface area contributed by atoms with Crippen molar-refractivity contribution in [1.82, 2.24) is 23.7 Å². The zero-order valence-corrected chi connectivity index (χ0v) is 17.3. The molecule has 4 atom stereocenters. The average molecular weight is 429 g/mol. The van der Waals surface area contributed by atoms with Crippen LogP contribution in [0.25, 0.3) is 11.0 Å². The summed E-state index contributed by atoms with van der Waals surface area (Å²) in [5.74, 6) is 0.265. The maximum Gasteiger partial charge on any atom is 0.224 e. The van der Waals surface area contributed by atoms with E-state index in [4.69, 9.17) is 0 Å². The second-order valence-corrected chi connectivity index (χ2v) is 9.99. The van der Waals surface area contributed by atoms with Gasteiger partial charge in [-0.1, -0.05) is 0 Å². The first-order valence-corrected chi connectivity index (χ1v) is 11.6. The number of fused-ring (bicyclic) bond motifs is 1. The predicted octanol–water partition coefficient (Wildman–Crippen LogP) is 1.43. The van der Waals surface area contributed by atoms with E-state index in [1.54, 1.807) is 6.20 Å². The van der Waals surface area contributed by atoms with Gasteiger partial charge >= 0.3 is 0 Å². The van der Waals surface area contributed by atoms with Gasteiger partial charge in [0.1, 0.15) is 18.0 Å². The van der Waals surface area contributed by atoms with E-state index in [1.165, 1.54) is 0 Å². The molecule has 0 radical (unpaired) electrons. The summed E-state index contributed by atoms with van der Waals surface area (Å²) in [6.07, 6.45) is 3.19. The Hall–Kier alpha value is -1.85. The van der Waals surface area contributed by atoms with Crippen LogP contribution >= 0.6 is 0 Å². The molecule has 0 bridgehead atoms. The van der Waals surface area contributed by atoms with Gasteiger partial charge in [-0.3, -0.25) is 0 Å². The molecule has 11 heteroatoms. The minimum atomic E-state index is -3.41. The molecule has 160 valence electrons. The molecule has 0 aliphatic carbocycles. The molecule has 4 rings (SSSR count). The van der Waals surface area contributed by atoms with Gasteiger partial charge in [-0.25, -0.2) is 22.2 Å². The second-order valence-electron chi connectivity index (χ2n) is 8.01. The Kier molecular flexibility index (Phi) is 5.47. The SMILES string of the molecule is CN1CC[C@@H](n2ccc3cnc(N[C@@H]4CCN(S(C)(=O)=O)C[C@H]4F)nc32)[C@H](F)C1. The lowest BCUT2D eigenvalue weighted by atomic mass is 10.0. The lowest BCUT2D eigenvalue weighted by Crippen LogP contribution is -2.49. The van der Waals surface area contributed by atoms with Gasteiger partial charge in [0, 0.05) is 44.0 Å². The number of hydrogen-bond acceptors (Lipinski definition) is 6. The van der Waals surface area contributed by atoms with Crippen molar-refractivity contribution in [3.05, 3.63) is 18.5 Å². The number of alkyl halides is 2. The van der Waals surface area contributed by atoms with Crippen LogP contribution in [0.2, 0.25) is 0 Å². The highest BCUT2D eigenvalue weighted by Gasteiger charge is 2.34. The molecule has 2 aromatic heterocycles. The summed E-state index contributed by atoms with van der Waals surface area (Å²) in [5, 5.41) is 3.80. The number of nitrogens with zero attached hydrogens (tertiary/aromatic N) is 5. The van der Waals surface area contributed by atoms with Gasteiger partial charge in [-0.15, -0.1) is 0 Å². The Morgan fingerprint density at radius 1 is 1.17 bits per heavy atom. The monoisotopic (exact) mass is 428 g/mol. The highest BCUT2D eigenvalue weighted by atomic mass is 32.2. The van der Waals surface area contributed by atoms with Gasteiger partial charge in [-0.2, -0.15) is 9.29 Å². The smallest absolute Gasteiger partial charge is 0.224 e. The summed E-state index contributed by atoms with van der Waals surface area (Å²) in [6.45, 7) is 1.25. The topological polar surface area (TPSA) is 83.4 Å². The van der Waals surface area contributed by atoms with Gasteiger partial charge in [-0.05, 0) is 26.0 Å². The Bertz CT molecular complexity index is 984. The second kappa shape index (κ2) is 7.77. The van der Waals surface area contributed by atoms with Gasteiger partial charge in [0.15, 0.2) is 0 Å². The molecule has 1 N–H and O–H groups in total. The van der Waals surface area contributed by atoms with Crippen LogP contribution < -0.4 is 5.32 Å². The van der Waals surface area contributed by atoms with Crippen molar-refractivity contribution in [2.75, 3.05) is 44.8 Å². The molecule has 2 fully saturated rings. The minimum Gasteiger partial charge on any atom is -0.348 e. The number of likely N-dealkylation sites (tertiary alicyclic amines) is 1. The quantitative estimate of drug-likeness (QED) is 0.793. The first kappa shape index (κ1) is 20.4. The molecule has 29 heavy (non-hydrogen) atoms. The average Bonchev–Trinajstić information content (AvgIpc) is 3.05. The molecule has 2 saturated heterocycles. The minimum absolute atomic E-state index is 0.186. The molecule has 8 nitrogen and oxygen atoms in total. The molecule has 0 amide bonds. The van der Waals surface area contributed by atoms with Gasteiger partial charge in [0.2, 0.25) is 16.0 Å². The maximum absolute atomic E-state index is 14.6. The van der Waals surface area contributed by atoms with Crippen molar-refractivity contribution < 1.29 is 17.2 Å². The van der Waals surface area contributed by atoms with Crippen molar-refractivity contribution in [1.29, 1.82) is 0 Å². The fraction of sp³-hybridized carbons (Fsp3) is 0.667. The van der Waals surface area contributed by atoms with Crippen molar-refractivity contribution >= 4 is 27.0 Å². The third kappa shape index (κ3) is 4.22. The standard InChI is InChI=1S/C18H26F2N6O2S/c1-24-6-5-16(14(20)10-24)26-8-3-12-9-21-18(23-17(12)26)22-15-4-7-25(11-13(15)19)29(2,27)28/h3,8-9,13-16H,4-7,10-11H2,1-2H3,(H,21,22,23)/t13-,14-,15-,16-/m1/s1. The van der Waals surface area contributed by atoms with E-state index >= 15 is 0 Å². The number of sulfonamides is 1. The number of rotatable bonds is 4. The summed E-state index contributed by atoms with van der Waals surface area (Å²) in [6, 6.07) is 0.983. The van der Waals surface area contributed by atoms with Crippen molar-refractivity contribution in [3.63, 3.8) is 0 Å². The van der Waals surface area contributed by atoms with Crippen molar-refractivity contribution in [2.24, 2.45) is 0 Å². The molecular formula is C18H26F2N6O2S. The van der Waals surface area contributed by atoms with E-state index in [0.29, 0.717) is 25.0 Å². The van der Waals surface area contributed by atoms with Gasteiger partial charge in [0.25, 0.3) is 0 Å². The van der Waals surface area contributed by atoms with Gasteiger partial charge < -0.3 is 14.8 Å². The summed E-state index contributed by atoms with van der Waals surface area (Å²) < 4.78 is 55.4. The molecule has 2 aromatic rings. The molecule has 0 spiro atoms. The Balaban J connectivity index is 1.52. The van der Waals surface area contributed by atoms with Crippen LogP contribution in [0, 0.1) is 0 Å². The van der Waals surface area contributed by atoms with E-state index < -0.39 is 28.4 Å². The Morgan fingerprint density at radius 2 is 1.97 bits per heavy atom. The largest absolute Gasteiger partial charge is 0.348 e. The summed E-state index contributed by atoms with van der Waals surface area (Å²) in [5.41, 5.74) is 0.615. The zero-order chi connectivity index (χ0) is 20.8. The Labute approximate surface area is 169 Å². The first-order valence-electron chi connectivity index (χ1n) is 9.74. The molecule has 2 aliphatic rings. The number of hydrogen-bond donors (Lipinski definition) is 1. The van der Waals surface area contributed by atoms with Crippen LogP contribution in [0.15, 0.2) is 18.5 Å². The maximum atomic E-state index is 14.6. The van der Waals surface area contributed by atoms with Gasteiger partial charge in [0.05, 0.1) is 18.3 Å². The predicted molar refractivity (Wildman–Crippen MR) is 107 cm³/mol. The normalized spacial score (nSPS) is 29.9. The number of halogens is 2. The van der Waals surface area contributed by atoms with E-state index in [2.05, 4.69) is 15.3 Å². The van der Waals surface area contributed by atoms with Crippen LogP contribution in [0.4, 0.5) is 14.7 Å². The van der Waals surface area contributed by atoms with Crippen LogP contribution in [0.1, 0.15) is 18.9 Å². The summed E-state index contributed by atoms with van der Waals surface area (Å²) >= 11 is 0. The van der Waals surface area contributed by atoms with Crippen LogP contribution in [0.3, 0.4) is 0 Å². The third-order valence-corrected chi connectivity index (χ3v) is 7.08. The molecule has 0 aromatic carbocycles. The van der Waals surface area contributed by atoms with Crippen LogP contribution in [-0.4, -0.2) is 90.0 Å². The molecule has 4 heterocycles. The molecule has 2 aliphatic heterocycles. The van der Waals surface area contributed by atoms with Crippen molar-refractivity contribution in [3.8, 4) is 0 Å². The van der Waals surface area contributed by atoms with Crippen LogP contribution in [-0.2, 0) is 10.0 Å². The molecular weight excluding hydrogens is 402 g/mol. The summed E-state index contributed by atoms with van der Waals surface area (Å²) in [7, 11) is -1.51. The van der Waals surface area contributed by atoms with Crippen molar-refractivity contribution in [2.45, 2.75) is 37.3 Å². The number of anilines is 1. The third-order valence-electron chi connectivity index (χ3n) is 5.81. The van der Waals surface area contributed by atoms with E-state index in [1.807, 2.05) is 28.8 Å². The number of aromatic nitrogens is 3. The van der Waals surface area contributed by atoms with E-state index in [0.717, 1.165) is 22.5 Å². The molecule has 0 unspecified atom stereocenters. The fourth-order valence-electron chi connectivity index (χ4n) is 4.14. The highest BCUT2D eigenvalue weighted by molar-refractivity contribution is 7.88.